The van der Waals surface area contributed by atoms with Gasteiger partial charge in [-0.15, -0.1) is 0 Å². The second-order valence-electron chi connectivity index (χ2n) is 3.25. The second kappa shape index (κ2) is 4.65. The highest BCUT2D eigenvalue weighted by molar-refractivity contribution is 5.66. The molecule has 1 aromatic rings. The first kappa shape index (κ1) is 12.7. The third kappa shape index (κ3) is 2.82. The van der Waals surface area contributed by atoms with E-state index in [4.69, 9.17) is 5.11 Å². The third-order valence-electron chi connectivity index (χ3n) is 2.12. The molecule has 0 amide bonds. The summed E-state index contributed by atoms with van der Waals surface area (Å²) >= 11 is 0. The molecule has 0 aromatic heterocycles. The van der Waals surface area contributed by atoms with E-state index < -0.39 is 24.5 Å². The predicted octanol–water partition coefficient (Wildman–Crippen LogP) is 3.05. The number of hydrogen-bond acceptors (Lipinski definition) is 1. The molecule has 88 valence electrons. The molecule has 0 spiro atoms. The van der Waals surface area contributed by atoms with Gasteiger partial charge in [0, 0.05) is 0 Å². The minimum atomic E-state index is -4.41. The van der Waals surface area contributed by atoms with Crippen molar-refractivity contribution in [3.63, 3.8) is 0 Å². The van der Waals surface area contributed by atoms with Crippen molar-refractivity contribution in [2.75, 3.05) is 6.61 Å². The molecular weight excluding hydrogens is 224 g/mol. The van der Waals surface area contributed by atoms with Gasteiger partial charge in [-0.25, -0.2) is 4.39 Å². The molecule has 0 radical (unpaired) electrons. The van der Waals surface area contributed by atoms with Gasteiger partial charge in [-0.05, 0) is 23.3 Å². The van der Waals surface area contributed by atoms with Crippen LogP contribution in [0.2, 0.25) is 0 Å². The fourth-order valence-electron chi connectivity index (χ4n) is 1.16. The maximum Gasteiger partial charge on any atom is 0.416 e. The van der Waals surface area contributed by atoms with Gasteiger partial charge in [0.15, 0.2) is 0 Å². The molecule has 1 atom stereocenters. The van der Waals surface area contributed by atoms with Crippen molar-refractivity contribution in [3.05, 3.63) is 42.0 Å². The van der Waals surface area contributed by atoms with Gasteiger partial charge < -0.3 is 5.11 Å². The Bertz CT molecular complexity index is 367. The summed E-state index contributed by atoms with van der Waals surface area (Å²) in [6.07, 6.45) is -6.07. The van der Waals surface area contributed by atoms with Crippen LogP contribution in [0.5, 0.6) is 0 Å². The summed E-state index contributed by atoms with van der Waals surface area (Å²) in [5, 5.41) is 8.53. The van der Waals surface area contributed by atoms with Crippen LogP contribution in [0.25, 0.3) is 5.57 Å². The molecule has 0 aliphatic heterocycles. The molecule has 0 unspecified atom stereocenters. The van der Waals surface area contributed by atoms with E-state index in [9.17, 15) is 17.6 Å². The smallest absolute Gasteiger partial charge is 0.393 e. The molecule has 0 saturated heterocycles. The van der Waals surface area contributed by atoms with Gasteiger partial charge in [-0.2, -0.15) is 13.2 Å². The zero-order valence-corrected chi connectivity index (χ0v) is 8.26. The zero-order valence-electron chi connectivity index (χ0n) is 8.26. The Morgan fingerprint density at radius 2 is 1.75 bits per heavy atom. The summed E-state index contributed by atoms with van der Waals surface area (Å²) in [5.41, 5.74) is -0.589. The van der Waals surface area contributed by atoms with Gasteiger partial charge in [-0.3, -0.25) is 0 Å². The number of rotatable bonds is 3. The first-order chi connectivity index (χ1) is 7.36. The van der Waals surface area contributed by atoms with Gasteiger partial charge in [0.05, 0.1) is 12.2 Å². The molecule has 0 aliphatic carbocycles. The Labute approximate surface area is 90.0 Å². The molecule has 0 heterocycles. The third-order valence-corrected chi connectivity index (χ3v) is 2.12. The van der Waals surface area contributed by atoms with E-state index >= 15 is 0 Å². The molecule has 1 N–H and O–H groups in total. The first-order valence-corrected chi connectivity index (χ1v) is 4.47. The SMILES string of the molecule is C=C(c1ccc(C(F)(F)F)cc1)[C@@H](F)CO. The van der Waals surface area contributed by atoms with Gasteiger partial charge in [0.1, 0.15) is 6.17 Å². The normalized spacial score (nSPS) is 13.6. The van der Waals surface area contributed by atoms with Crippen molar-refractivity contribution in [2.45, 2.75) is 12.3 Å². The van der Waals surface area contributed by atoms with Crippen LogP contribution >= 0.6 is 0 Å². The Kier molecular flexibility index (Phi) is 3.70. The lowest BCUT2D eigenvalue weighted by atomic mass is 10.0. The van der Waals surface area contributed by atoms with Crippen molar-refractivity contribution in [1.29, 1.82) is 0 Å². The standard InChI is InChI=1S/C11H10F4O/c1-7(10(12)6-16)8-2-4-9(5-3-8)11(13,14)15/h2-5,10,16H,1,6H2/t10-/m0/s1. The lowest BCUT2D eigenvalue weighted by Gasteiger charge is -2.11. The minimum Gasteiger partial charge on any atom is -0.393 e. The molecule has 0 aliphatic rings. The predicted molar refractivity (Wildman–Crippen MR) is 52.5 cm³/mol. The molecular formula is C11H10F4O. The maximum atomic E-state index is 13.0. The van der Waals surface area contributed by atoms with E-state index in [1.807, 2.05) is 0 Å². The fraction of sp³-hybridized carbons (Fsp3) is 0.273. The van der Waals surface area contributed by atoms with Gasteiger partial charge >= 0.3 is 6.18 Å². The molecule has 1 nitrogen and oxygen atoms in total. The van der Waals surface area contributed by atoms with Gasteiger partial charge in [-0.1, -0.05) is 18.7 Å². The van der Waals surface area contributed by atoms with Crippen molar-refractivity contribution in [1.82, 2.24) is 0 Å². The fourth-order valence-corrected chi connectivity index (χ4v) is 1.16. The van der Waals surface area contributed by atoms with Crippen LogP contribution in [0.15, 0.2) is 30.8 Å². The highest BCUT2D eigenvalue weighted by atomic mass is 19.4. The van der Waals surface area contributed by atoms with E-state index in [0.29, 0.717) is 0 Å². The van der Waals surface area contributed by atoms with Crippen LogP contribution in [-0.2, 0) is 6.18 Å². The highest BCUT2D eigenvalue weighted by Crippen LogP contribution is 2.30. The van der Waals surface area contributed by atoms with Gasteiger partial charge in [0.2, 0.25) is 0 Å². The number of benzene rings is 1. The quantitative estimate of drug-likeness (QED) is 0.797. The molecule has 0 fully saturated rings. The largest absolute Gasteiger partial charge is 0.416 e. The Morgan fingerprint density at radius 1 is 1.25 bits per heavy atom. The summed E-state index contributed by atoms with van der Waals surface area (Å²) < 4.78 is 49.6. The topological polar surface area (TPSA) is 20.2 Å². The first-order valence-electron chi connectivity index (χ1n) is 4.47. The van der Waals surface area contributed by atoms with Crippen LogP contribution in [0.1, 0.15) is 11.1 Å². The average Bonchev–Trinajstić information content (AvgIpc) is 2.26. The lowest BCUT2D eigenvalue weighted by molar-refractivity contribution is -0.137. The summed E-state index contributed by atoms with van der Waals surface area (Å²) in [6.45, 7) is 2.64. The van der Waals surface area contributed by atoms with E-state index in [2.05, 4.69) is 6.58 Å². The second-order valence-corrected chi connectivity index (χ2v) is 3.25. The Morgan fingerprint density at radius 3 is 2.12 bits per heavy atom. The van der Waals surface area contributed by atoms with E-state index in [1.54, 1.807) is 0 Å². The molecule has 16 heavy (non-hydrogen) atoms. The highest BCUT2D eigenvalue weighted by Gasteiger charge is 2.30. The maximum absolute atomic E-state index is 13.0. The van der Waals surface area contributed by atoms with E-state index in [-0.39, 0.29) is 11.1 Å². The van der Waals surface area contributed by atoms with Crippen LogP contribution in [-0.4, -0.2) is 17.9 Å². The van der Waals surface area contributed by atoms with Crippen molar-refractivity contribution in [2.24, 2.45) is 0 Å². The summed E-state index contributed by atoms with van der Waals surface area (Å²) in [6, 6.07) is 3.97. The Hall–Kier alpha value is -1.36. The molecule has 0 saturated carbocycles. The number of aliphatic hydroxyl groups is 1. The van der Waals surface area contributed by atoms with E-state index in [0.717, 1.165) is 24.3 Å². The Balaban J connectivity index is 2.91. The lowest BCUT2D eigenvalue weighted by Crippen LogP contribution is -2.09. The molecule has 5 heteroatoms. The molecule has 1 rings (SSSR count). The van der Waals surface area contributed by atoms with Crippen molar-refractivity contribution in [3.8, 4) is 0 Å². The number of halogens is 4. The average molecular weight is 234 g/mol. The zero-order chi connectivity index (χ0) is 12.3. The van der Waals surface area contributed by atoms with Gasteiger partial charge in [0.25, 0.3) is 0 Å². The van der Waals surface area contributed by atoms with E-state index in [1.165, 1.54) is 0 Å². The van der Waals surface area contributed by atoms with Crippen LogP contribution in [0.3, 0.4) is 0 Å². The molecule has 1 aromatic carbocycles. The summed E-state index contributed by atoms with van der Waals surface area (Å²) in [5.74, 6) is 0. The van der Waals surface area contributed by atoms with Crippen molar-refractivity contribution < 1.29 is 22.7 Å². The monoisotopic (exact) mass is 234 g/mol. The summed E-state index contributed by atoms with van der Waals surface area (Å²) in [7, 11) is 0. The number of alkyl halides is 4. The van der Waals surface area contributed by atoms with Crippen LogP contribution in [0, 0.1) is 0 Å². The van der Waals surface area contributed by atoms with Crippen LogP contribution in [0.4, 0.5) is 17.6 Å². The minimum absolute atomic E-state index is 0.0313. The number of hydrogen-bond donors (Lipinski definition) is 1. The summed E-state index contributed by atoms with van der Waals surface area (Å²) in [4.78, 5) is 0. The molecule has 0 bridgehead atoms. The van der Waals surface area contributed by atoms with Crippen LogP contribution < -0.4 is 0 Å². The van der Waals surface area contributed by atoms with Crippen molar-refractivity contribution >= 4 is 5.57 Å². The number of aliphatic hydroxyl groups excluding tert-OH is 1.